The van der Waals surface area contributed by atoms with Crippen molar-refractivity contribution in [2.75, 3.05) is 25.1 Å². The van der Waals surface area contributed by atoms with Crippen LogP contribution in [0.2, 0.25) is 0 Å². The van der Waals surface area contributed by atoms with Crippen LogP contribution in [-0.4, -0.2) is 25.1 Å². The lowest BCUT2D eigenvalue weighted by molar-refractivity contribution is 0.719. The van der Waals surface area contributed by atoms with Gasteiger partial charge in [-0.1, -0.05) is 11.6 Å². The van der Waals surface area contributed by atoms with Crippen molar-refractivity contribution in [2.24, 2.45) is 0 Å². The van der Waals surface area contributed by atoms with Crippen molar-refractivity contribution in [3.63, 3.8) is 0 Å². The molecular weight excluding hydrogens is 178 g/mol. The number of rotatable bonds is 6. The number of hydrogen-bond acceptors (Lipinski definition) is 2. The van der Waals surface area contributed by atoms with Gasteiger partial charge in [0.1, 0.15) is 0 Å². The number of nitrogens with one attached hydrogen (secondary N) is 1. The van der Waals surface area contributed by atoms with Crippen molar-refractivity contribution < 1.29 is 0 Å². The van der Waals surface area contributed by atoms with Gasteiger partial charge in [0.25, 0.3) is 0 Å². The van der Waals surface area contributed by atoms with Crippen LogP contribution in [0.5, 0.6) is 0 Å². The lowest BCUT2D eigenvalue weighted by atomic mass is 10.3. The molecule has 1 N–H and O–H groups in total. The van der Waals surface area contributed by atoms with Gasteiger partial charge < -0.3 is 5.32 Å². The summed E-state index contributed by atoms with van der Waals surface area (Å²) < 4.78 is 0. The van der Waals surface area contributed by atoms with Gasteiger partial charge >= 0.3 is 0 Å². The summed E-state index contributed by atoms with van der Waals surface area (Å²) in [4.78, 5) is 0. The quantitative estimate of drug-likeness (QED) is 0.651. The van der Waals surface area contributed by atoms with E-state index in [9.17, 15) is 0 Å². The molecule has 0 saturated carbocycles. The first kappa shape index (κ1) is 11.3. The standard InChI is InChI=1S/C8H16ClNS/c1-8(6-9)7-10-4-3-5-11-2/h6,10H,3-5,7H2,1-2H3. The van der Waals surface area contributed by atoms with Gasteiger partial charge in [-0.25, -0.2) is 0 Å². The summed E-state index contributed by atoms with van der Waals surface area (Å²) in [5, 5.41) is 3.30. The van der Waals surface area contributed by atoms with Gasteiger partial charge in [0.2, 0.25) is 0 Å². The zero-order chi connectivity index (χ0) is 8.53. The van der Waals surface area contributed by atoms with Crippen molar-refractivity contribution in [1.82, 2.24) is 5.32 Å². The predicted molar refractivity (Wildman–Crippen MR) is 55.5 cm³/mol. The second kappa shape index (κ2) is 8.44. The molecular formula is C8H16ClNS. The van der Waals surface area contributed by atoms with Gasteiger partial charge in [0.05, 0.1) is 0 Å². The van der Waals surface area contributed by atoms with Gasteiger partial charge in [-0.15, -0.1) is 0 Å². The molecule has 0 aromatic carbocycles. The Morgan fingerprint density at radius 1 is 1.64 bits per heavy atom. The summed E-state index contributed by atoms with van der Waals surface area (Å²) in [5.74, 6) is 1.23. The van der Waals surface area contributed by atoms with E-state index in [4.69, 9.17) is 11.6 Å². The van der Waals surface area contributed by atoms with Crippen molar-refractivity contribution >= 4 is 23.4 Å². The van der Waals surface area contributed by atoms with E-state index in [0.29, 0.717) is 0 Å². The molecule has 11 heavy (non-hydrogen) atoms. The number of thioether (sulfide) groups is 1. The second-order valence-corrected chi connectivity index (χ2v) is 3.68. The fourth-order valence-corrected chi connectivity index (χ4v) is 1.18. The summed E-state index contributed by atoms with van der Waals surface area (Å²) in [6, 6.07) is 0. The third-order valence-electron chi connectivity index (χ3n) is 1.29. The average molecular weight is 194 g/mol. The molecule has 0 unspecified atom stereocenters. The predicted octanol–water partition coefficient (Wildman–Crippen LogP) is 2.47. The smallest absolute Gasteiger partial charge is 0.0173 e. The molecule has 0 aliphatic heterocycles. The van der Waals surface area contributed by atoms with Gasteiger partial charge in [0, 0.05) is 12.1 Å². The van der Waals surface area contributed by atoms with E-state index in [1.54, 1.807) is 5.54 Å². The first-order valence-electron chi connectivity index (χ1n) is 3.76. The Hall–Kier alpha value is 0.340. The molecule has 0 spiro atoms. The summed E-state index contributed by atoms with van der Waals surface area (Å²) >= 11 is 7.37. The highest BCUT2D eigenvalue weighted by molar-refractivity contribution is 7.98. The molecule has 3 heteroatoms. The topological polar surface area (TPSA) is 12.0 Å². The van der Waals surface area contributed by atoms with E-state index in [2.05, 4.69) is 11.6 Å². The van der Waals surface area contributed by atoms with Crippen LogP contribution in [0, 0.1) is 0 Å². The molecule has 0 aliphatic carbocycles. The van der Waals surface area contributed by atoms with Gasteiger partial charge in [0.15, 0.2) is 0 Å². The molecule has 0 fully saturated rings. The molecule has 0 amide bonds. The maximum atomic E-state index is 5.49. The van der Waals surface area contributed by atoms with E-state index in [-0.39, 0.29) is 0 Å². The van der Waals surface area contributed by atoms with E-state index in [1.165, 1.54) is 17.7 Å². The van der Waals surface area contributed by atoms with E-state index in [0.717, 1.165) is 13.1 Å². The van der Waals surface area contributed by atoms with Gasteiger partial charge in [-0.2, -0.15) is 11.8 Å². The minimum atomic E-state index is 0.915. The molecule has 1 nitrogen and oxygen atoms in total. The highest BCUT2D eigenvalue weighted by atomic mass is 35.5. The molecule has 0 atom stereocenters. The molecule has 0 heterocycles. The lowest BCUT2D eigenvalue weighted by Gasteiger charge is -2.02. The molecule has 66 valence electrons. The summed E-state index contributed by atoms with van der Waals surface area (Å²) in [5.41, 5.74) is 2.82. The normalized spacial score (nSPS) is 12.1. The molecule has 0 rings (SSSR count). The van der Waals surface area contributed by atoms with Crippen LogP contribution in [0.1, 0.15) is 13.3 Å². The van der Waals surface area contributed by atoms with Crippen LogP contribution in [-0.2, 0) is 0 Å². The van der Waals surface area contributed by atoms with Crippen LogP contribution < -0.4 is 5.32 Å². The highest BCUT2D eigenvalue weighted by Crippen LogP contribution is 1.95. The van der Waals surface area contributed by atoms with Gasteiger partial charge in [-0.05, 0) is 37.5 Å². The first-order chi connectivity index (χ1) is 5.31. The Labute approximate surface area is 78.6 Å². The minimum Gasteiger partial charge on any atom is -0.313 e. The number of halogens is 1. The Kier molecular flexibility index (Phi) is 8.70. The van der Waals surface area contributed by atoms with Crippen LogP contribution in [0.3, 0.4) is 0 Å². The minimum absolute atomic E-state index is 0.915. The van der Waals surface area contributed by atoms with Crippen LogP contribution in [0.4, 0.5) is 0 Å². The summed E-state index contributed by atoms with van der Waals surface area (Å²) in [6.07, 6.45) is 3.36. The second-order valence-electron chi connectivity index (χ2n) is 2.48. The molecule has 0 aromatic heterocycles. The van der Waals surface area contributed by atoms with Crippen molar-refractivity contribution in [1.29, 1.82) is 0 Å². The SMILES string of the molecule is CSCCCNCC(C)=CCl. The van der Waals surface area contributed by atoms with Crippen LogP contribution >= 0.6 is 23.4 Å². The van der Waals surface area contributed by atoms with E-state index >= 15 is 0 Å². The van der Waals surface area contributed by atoms with E-state index < -0.39 is 0 Å². The fraction of sp³-hybridized carbons (Fsp3) is 0.750. The largest absolute Gasteiger partial charge is 0.313 e. The Bertz CT molecular complexity index is 115. The molecule has 0 aliphatic rings. The molecule has 0 radical (unpaired) electrons. The highest BCUT2D eigenvalue weighted by Gasteiger charge is 1.88. The summed E-state index contributed by atoms with van der Waals surface area (Å²) in [7, 11) is 0. The average Bonchev–Trinajstić information content (AvgIpc) is 2.04. The first-order valence-corrected chi connectivity index (χ1v) is 5.59. The maximum Gasteiger partial charge on any atom is 0.0173 e. The lowest BCUT2D eigenvalue weighted by Crippen LogP contribution is -2.17. The zero-order valence-electron chi connectivity index (χ0n) is 7.19. The maximum absolute atomic E-state index is 5.49. The zero-order valence-corrected chi connectivity index (χ0v) is 8.76. The third-order valence-corrected chi connectivity index (χ3v) is 2.36. The fourth-order valence-electron chi connectivity index (χ4n) is 0.666. The van der Waals surface area contributed by atoms with E-state index in [1.807, 2.05) is 18.7 Å². The molecule has 0 aromatic rings. The Balaban J connectivity index is 3.02. The molecule has 0 bridgehead atoms. The Morgan fingerprint density at radius 3 is 2.91 bits per heavy atom. The van der Waals surface area contributed by atoms with Crippen molar-refractivity contribution in [2.45, 2.75) is 13.3 Å². The Morgan fingerprint density at radius 2 is 2.36 bits per heavy atom. The monoisotopic (exact) mass is 193 g/mol. The third kappa shape index (κ3) is 8.24. The van der Waals surface area contributed by atoms with Crippen LogP contribution in [0.15, 0.2) is 11.1 Å². The van der Waals surface area contributed by atoms with Crippen LogP contribution in [0.25, 0.3) is 0 Å². The van der Waals surface area contributed by atoms with Crippen molar-refractivity contribution in [3.05, 3.63) is 11.1 Å². The molecule has 0 saturated heterocycles. The summed E-state index contributed by atoms with van der Waals surface area (Å²) in [6.45, 7) is 4.02. The van der Waals surface area contributed by atoms with Crippen molar-refractivity contribution in [3.8, 4) is 0 Å². The number of hydrogen-bond donors (Lipinski definition) is 1. The van der Waals surface area contributed by atoms with Gasteiger partial charge in [-0.3, -0.25) is 0 Å².